The number of amides is 1. The van der Waals surface area contributed by atoms with Gasteiger partial charge in [-0.25, -0.2) is 13.2 Å². The number of nitrogens with zero attached hydrogens (tertiary/aromatic N) is 1. The Labute approximate surface area is 107 Å². The number of hydrogen-bond donors (Lipinski definition) is 1. The van der Waals surface area contributed by atoms with E-state index in [0.29, 0.717) is 17.8 Å². The first-order valence-corrected chi connectivity index (χ1v) is 5.39. The molecule has 0 aliphatic carbocycles. The summed E-state index contributed by atoms with van der Waals surface area (Å²) in [4.78, 5) is 15.4. The number of carbonyl (C=O) groups is 1. The lowest BCUT2D eigenvalue weighted by atomic mass is 10.1. The Bertz CT molecular complexity index is 579. The van der Waals surface area contributed by atoms with Crippen molar-refractivity contribution in [2.24, 2.45) is 0 Å². The molecule has 0 spiro atoms. The third kappa shape index (κ3) is 3.31. The molecule has 0 saturated heterocycles. The van der Waals surface area contributed by atoms with E-state index in [0.717, 1.165) is 0 Å². The summed E-state index contributed by atoms with van der Waals surface area (Å²) in [6, 6.07) is 4.15. The minimum Gasteiger partial charge on any atom is -0.326 e. The highest BCUT2D eigenvalue weighted by atomic mass is 19.1. The van der Waals surface area contributed by atoms with Crippen LogP contribution < -0.4 is 5.32 Å². The summed E-state index contributed by atoms with van der Waals surface area (Å²) in [7, 11) is 0. The fraction of sp³-hybridized carbons (Fsp3) is 0.0769. The first kappa shape index (κ1) is 13.1. The zero-order chi connectivity index (χ0) is 13.8. The third-order valence-electron chi connectivity index (χ3n) is 2.41. The first-order valence-electron chi connectivity index (χ1n) is 5.39. The molecule has 3 nitrogen and oxygen atoms in total. The molecule has 0 radical (unpaired) electrons. The van der Waals surface area contributed by atoms with Crippen LogP contribution in [0, 0.1) is 17.5 Å². The van der Waals surface area contributed by atoms with Gasteiger partial charge in [-0.1, -0.05) is 0 Å². The maximum absolute atomic E-state index is 13.3. The van der Waals surface area contributed by atoms with Crippen LogP contribution in [0.1, 0.15) is 5.56 Å². The van der Waals surface area contributed by atoms with Crippen LogP contribution in [-0.4, -0.2) is 10.9 Å². The van der Waals surface area contributed by atoms with Crippen LogP contribution in [0.4, 0.5) is 18.9 Å². The summed E-state index contributed by atoms with van der Waals surface area (Å²) < 4.78 is 39.4. The Kier molecular flexibility index (Phi) is 3.79. The molecule has 0 bridgehead atoms. The van der Waals surface area contributed by atoms with Crippen LogP contribution >= 0.6 is 0 Å². The van der Waals surface area contributed by atoms with Crippen molar-refractivity contribution in [2.75, 3.05) is 5.32 Å². The molecule has 0 atom stereocenters. The van der Waals surface area contributed by atoms with E-state index in [1.165, 1.54) is 24.5 Å². The second kappa shape index (κ2) is 5.51. The highest BCUT2D eigenvalue weighted by molar-refractivity contribution is 5.92. The fourth-order valence-electron chi connectivity index (χ4n) is 1.54. The molecule has 1 N–H and O–H groups in total. The summed E-state index contributed by atoms with van der Waals surface area (Å²) in [5.74, 6) is -3.78. The van der Waals surface area contributed by atoms with E-state index < -0.39 is 35.3 Å². The maximum Gasteiger partial charge on any atom is 0.229 e. The molecule has 19 heavy (non-hydrogen) atoms. The van der Waals surface area contributed by atoms with Crippen LogP contribution in [0.15, 0.2) is 36.7 Å². The van der Waals surface area contributed by atoms with Crippen molar-refractivity contribution in [3.8, 4) is 0 Å². The van der Waals surface area contributed by atoms with Gasteiger partial charge >= 0.3 is 0 Å². The van der Waals surface area contributed by atoms with Crippen molar-refractivity contribution in [3.63, 3.8) is 0 Å². The van der Waals surface area contributed by atoms with Crippen LogP contribution in [0.25, 0.3) is 0 Å². The van der Waals surface area contributed by atoms with Gasteiger partial charge in [0.05, 0.1) is 6.42 Å². The van der Waals surface area contributed by atoms with Gasteiger partial charge in [0.25, 0.3) is 0 Å². The average Bonchev–Trinajstić information content (AvgIpc) is 2.35. The van der Waals surface area contributed by atoms with Crippen LogP contribution in [0.3, 0.4) is 0 Å². The lowest BCUT2D eigenvalue weighted by molar-refractivity contribution is -0.115. The van der Waals surface area contributed by atoms with Gasteiger partial charge < -0.3 is 5.32 Å². The predicted octanol–water partition coefficient (Wildman–Crippen LogP) is 2.68. The number of anilines is 1. The van der Waals surface area contributed by atoms with E-state index in [9.17, 15) is 18.0 Å². The van der Waals surface area contributed by atoms with Crippen LogP contribution in [0.5, 0.6) is 0 Å². The van der Waals surface area contributed by atoms with E-state index in [2.05, 4.69) is 10.3 Å². The number of pyridine rings is 1. The molecule has 0 fully saturated rings. The summed E-state index contributed by atoms with van der Waals surface area (Å²) in [5, 5.41) is 2.45. The van der Waals surface area contributed by atoms with Crippen LogP contribution in [0.2, 0.25) is 0 Å². The van der Waals surface area contributed by atoms with Crippen molar-refractivity contribution in [3.05, 3.63) is 59.7 Å². The van der Waals surface area contributed by atoms with E-state index >= 15 is 0 Å². The molecule has 1 heterocycles. The normalized spacial score (nSPS) is 10.3. The molecule has 0 aliphatic heterocycles. The summed E-state index contributed by atoms with van der Waals surface area (Å²) in [5.41, 5.74) is -0.00381. The highest BCUT2D eigenvalue weighted by Crippen LogP contribution is 2.16. The van der Waals surface area contributed by atoms with Crippen LogP contribution in [-0.2, 0) is 11.2 Å². The van der Waals surface area contributed by atoms with E-state index in [4.69, 9.17) is 0 Å². The van der Waals surface area contributed by atoms with Gasteiger partial charge in [0.1, 0.15) is 17.5 Å². The minimum atomic E-state index is -1.08. The molecular formula is C13H9F3N2O. The Hall–Kier alpha value is -2.37. The number of halogens is 3. The number of aromatic nitrogens is 1. The number of rotatable bonds is 3. The van der Waals surface area contributed by atoms with Crippen molar-refractivity contribution in [1.82, 2.24) is 4.98 Å². The lowest BCUT2D eigenvalue weighted by Gasteiger charge is -2.07. The lowest BCUT2D eigenvalue weighted by Crippen LogP contribution is -2.16. The fourth-order valence-corrected chi connectivity index (χ4v) is 1.54. The molecule has 0 aliphatic rings. The number of benzene rings is 1. The number of hydrogen-bond acceptors (Lipinski definition) is 2. The molecule has 1 aromatic heterocycles. The smallest absolute Gasteiger partial charge is 0.229 e. The number of carbonyl (C=O) groups excluding carboxylic acids is 1. The maximum atomic E-state index is 13.3. The van der Waals surface area contributed by atoms with Crippen molar-refractivity contribution in [2.45, 2.75) is 6.42 Å². The molecule has 98 valence electrons. The Morgan fingerprint density at radius 1 is 1.11 bits per heavy atom. The average molecular weight is 266 g/mol. The Morgan fingerprint density at radius 2 is 1.68 bits per heavy atom. The molecule has 1 amide bonds. The highest BCUT2D eigenvalue weighted by Gasteiger charge is 2.15. The van der Waals surface area contributed by atoms with E-state index in [1.54, 1.807) is 0 Å². The van der Waals surface area contributed by atoms with Gasteiger partial charge in [0, 0.05) is 35.8 Å². The van der Waals surface area contributed by atoms with Crippen molar-refractivity contribution < 1.29 is 18.0 Å². The monoisotopic (exact) mass is 266 g/mol. The Morgan fingerprint density at radius 3 is 2.26 bits per heavy atom. The third-order valence-corrected chi connectivity index (χ3v) is 2.41. The zero-order valence-corrected chi connectivity index (χ0v) is 9.66. The van der Waals surface area contributed by atoms with Gasteiger partial charge in [-0.15, -0.1) is 0 Å². The predicted molar refractivity (Wildman–Crippen MR) is 62.9 cm³/mol. The quantitative estimate of drug-likeness (QED) is 0.928. The molecule has 6 heteroatoms. The standard InChI is InChI=1S/C13H9F3N2O/c14-8-5-11(15)10(12(16)6-8)7-13(19)18-9-1-3-17-4-2-9/h1-6H,7H2,(H,17,18,19). The summed E-state index contributed by atoms with van der Waals surface area (Å²) >= 11 is 0. The largest absolute Gasteiger partial charge is 0.326 e. The molecule has 0 saturated carbocycles. The van der Waals surface area contributed by atoms with Gasteiger partial charge in [-0.2, -0.15) is 0 Å². The van der Waals surface area contributed by atoms with E-state index in [-0.39, 0.29) is 0 Å². The summed E-state index contributed by atoms with van der Waals surface area (Å²) in [6.45, 7) is 0. The van der Waals surface area contributed by atoms with Gasteiger partial charge in [-0.3, -0.25) is 9.78 Å². The Balaban J connectivity index is 2.12. The molecular weight excluding hydrogens is 257 g/mol. The first-order chi connectivity index (χ1) is 9.06. The van der Waals surface area contributed by atoms with Gasteiger partial charge in [0.2, 0.25) is 5.91 Å². The summed E-state index contributed by atoms with van der Waals surface area (Å²) in [6.07, 6.45) is 2.42. The number of nitrogens with one attached hydrogen (secondary N) is 1. The second-order valence-electron chi connectivity index (χ2n) is 3.81. The molecule has 2 aromatic rings. The van der Waals surface area contributed by atoms with E-state index in [1.807, 2.05) is 0 Å². The SMILES string of the molecule is O=C(Cc1c(F)cc(F)cc1F)Nc1ccncc1. The zero-order valence-electron chi connectivity index (χ0n) is 9.66. The minimum absolute atomic E-state index is 0.461. The topological polar surface area (TPSA) is 42.0 Å². The van der Waals surface area contributed by atoms with Crippen molar-refractivity contribution in [1.29, 1.82) is 0 Å². The van der Waals surface area contributed by atoms with Crippen molar-refractivity contribution >= 4 is 11.6 Å². The van der Waals surface area contributed by atoms with Gasteiger partial charge in [-0.05, 0) is 12.1 Å². The molecule has 2 rings (SSSR count). The molecule has 0 unspecified atom stereocenters. The molecule has 1 aromatic carbocycles. The van der Waals surface area contributed by atoms with Gasteiger partial charge in [0.15, 0.2) is 0 Å². The second-order valence-corrected chi connectivity index (χ2v) is 3.81.